The van der Waals surface area contributed by atoms with Gasteiger partial charge in [-0.05, 0) is 51.4 Å². The summed E-state index contributed by atoms with van der Waals surface area (Å²) in [4.78, 5) is 13.2. The van der Waals surface area contributed by atoms with Crippen molar-refractivity contribution in [3.8, 4) is 0 Å². The number of hydrogen-bond donors (Lipinski definition) is 12. The first-order chi connectivity index (χ1) is 40.3. The quantitative estimate of drug-likeness (QED) is 0.0211. The molecule has 83 heavy (non-hydrogen) atoms. The molecule has 19 heteroatoms. The first-order valence-corrected chi connectivity index (χ1v) is 32.7. The van der Waals surface area contributed by atoms with Crippen molar-refractivity contribution in [3.05, 3.63) is 36.5 Å². The van der Waals surface area contributed by atoms with Crippen molar-refractivity contribution >= 4 is 5.91 Å². The Morgan fingerprint density at radius 1 is 0.434 bits per heavy atom. The van der Waals surface area contributed by atoms with Gasteiger partial charge in [0.2, 0.25) is 5.91 Å². The van der Waals surface area contributed by atoms with Gasteiger partial charge in [-0.3, -0.25) is 4.79 Å². The maximum atomic E-state index is 13.2. The number of rotatable bonds is 49. The van der Waals surface area contributed by atoms with Crippen LogP contribution in [-0.4, -0.2) is 193 Å². The predicted octanol–water partition coefficient (Wildman–Crippen LogP) is 7.27. The number of carbonyl (C=O) groups is 1. The summed E-state index contributed by atoms with van der Waals surface area (Å²) in [6.45, 7) is 1.59. The van der Waals surface area contributed by atoms with Crippen molar-refractivity contribution in [2.75, 3.05) is 26.4 Å². The van der Waals surface area contributed by atoms with E-state index in [2.05, 4.69) is 43.5 Å². The van der Waals surface area contributed by atoms with E-state index in [1.54, 1.807) is 6.08 Å². The number of aliphatic hydroxyl groups is 11. The van der Waals surface area contributed by atoms with Crippen LogP contribution in [0.3, 0.4) is 0 Å². The Balaban J connectivity index is 1.27. The smallest absolute Gasteiger partial charge is 0.220 e. The molecule has 12 N–H and O–H groups in total. The molecule has 3 rings (SSSR count). The standard InChI is InChI=1S/C64H117NO18/c1-3-5-7-9-10-11-12-13-14-15-16-17-18-19-20-21-22-23-24-25-26-27-28-29-30-31-32-33-34-35-36-38-40-42-52(70)65-47(48(69)41-39-37-8-6-4-2)46-78-62-58(76)55(73)60(50(44-67)80-62)83-64-59(77)56(74)61(51(45-68)81-64)82-63-57(75)54(72)53(71)49(43-66)79-63/h12-13,15-16,39,41,47-51,53-64,66-69,71-77H,3-11,14,17-38,40,42-46H2,1-2H3,(H,65,70)/b13-12-,16-15-,41-39+. The molecule has 0 aliphatic carbocycles. The van der Waals surface area contributed by atoms with Gasteiger partial charge in [-0.2, -0.15) is 0 Å². The number of carbonyl (C=O) groups excluding carboxylic acids is 1. The van der Waals surface area contributed by atoms with E-state index < -0.39 is 124 Å². The molecule has 3 aliphatic heterocycles. The van der Waals surface area contributed by atoms with Crippen LogP contribution in [0.15, 0.2) is 36.5 Å². The van der Waals surface area contributed by atoms with Crippen LogP contribution in [-0.2, 0) is 33.2 Å². The van der Waals surface area contributed by atoms with Crippen LogP contribution in [0.4, 0.5) is 0 Å². The number of aliphatic hydroxyl groups excluding tert-OH is 11. The lowest BCUT2D eigenvalue weighted by Gasteiger charge is -2.48. The summed E-state index contributed by atoms with van der Waals surface area (Å²) in [5, 5.41) is 120. The van der Waals surface area contributed by atoms with Gasteiger partial charge in [-0.25, -0.2) is 0 Å². The number of hydrogen-bond acceptors (Lipinski definition) is 18. The Morgan fingerprint density at radius 2 is 0.795 bits per heavy atom. The third-order valence-electron chi connectivity index (χ3n) is 16.4. The predicted molar refractivity (Wildman–Crippen MR) is 319 cm³/mol. The molecule has 0 radical (unpaired) electrons. The van der Waals surface area contributed by atoms with E-state index in [0.717, 1.165) is 51.4 Å². The average molecular weight is 1190 g/mol. The SMILES string of the molecule is CCCCC/C=C/C(O)C(COC1OC(CO)C(OC2OC(CO)C(OC3OC(CO)C(O)C(O)C3O)C(O)C2O)C(O)C1O)NC(=O)CCCCCCCCCCCCCCCCCCCCCCC/C=C\C/C=C\CCCCCCC. The fourth-order valence-corrected chi connectivity index (χ4v) is 11.0. The molecule has 3 saturated heterocycles. The summed E-state index contributed by atoms with van der Waals surface area (Å²) < 4.78 is 34.1. The molecule has 3 aliphatic rings. The van der Waals surface area contributed by atoms with Gasteiger partial charge in [0.25, 0.3) is 0 Å². The van der Waals surface area contributed by atoms with Gasteiger partial charge in [0.15, 0.2) is 18.9 Å². The van der Waals surface area contributed by atoms with E-state index in [-0.39, 0.29) is 18.9 Å². The van der Waals surface area contributed by atoms with Gasteiger partial charge < -0.3 is 89.9 Å². The maximum absolute atomic E-state index is 13.2. The Labute approximate surface area is 498 Å². The lowest BCUT2D eigenvalue weighted by atomic mass is 9.96. The number of amides is 1. The maximum Gasteiger partial charge on any atom is 0.220 e. The van der Waals surface area contributed by atoms with E-state index in [0.29, 0.717) is 6.42 Å². The van der Waals surface area contributed by atoms with Crippen molar-refractivity contribution < 1.29 is 89.4 Å². The van der Waals surface area contributed by atoms with Crippen LogP contribution in [0, 0.1) is 0 Å². The van der Waals surface area contributed by atoms with Crippen LogP contribution in [0.1, 0.15) is 232 Å². The Kier molecular flexibility index (Phi) is 42.7. The van der Waals surface area contributed by atoms with E-state index in [9.17, 15) is 61.0 Å². The normalized spacial score (nSPS) is 29.6. The van der Waals surface area contributed by atoms with Gasteiger partial charge in [0, 0.05) is 6.42 Å². The van der Waals surface area contributed by atoms with Gasteiger partial charge >= 0.3 is 0 Å². The minimum Gasteiger partial charge on any atom is -0.394 e. The third kappa shape index (κ3) is 30.2. The summed E-state index contributed by atoms with van der Waals surface area (Å²) in [6.07, 6.45) is 26.7. The Bertz CT molecular complexity index is 1660. The molecule has 3 heterocycles. The lowest BCUT2D eigenvalue weighted by molar-refractivity contribution is -0.379. The van der Waals surface area contributed by atoms with Gasteiger partial charge in [-0.1, -0.05) is 211 Å². The molecule has 0 saturated carbocycles. The molecule has 0 aromatic carbocycles. The molecule has 17 atom stereocenters. The highest BCUT2D eigenvalue weighted by Gasteiger charge is 2.53. The fraction of sp³-hybridized carbons (Fsp3) is 0.891. The summed E-state index contributed by atoms with van der Waals surface area (Å²) >= 11 is 0. The first-order valence-electron chi connectivity index (χ1n) is 32.7. The Hall–Kier alpha value is -1.99. The van der Waals surface area contributed by atoms with E-state index in [4.69, 9.17) is 28.4 Å². The molecular weight excluding hydrogens is 1070 g/mol. The fourth-order valence-electron chi connectivity index (χ4n) is 11.0. The van der Waals surface area contributed by atoms with Crippen molar-refractivity contribution in [1.82, 2.24) is 5.32 Å². The van der Waals surface area contributed by atoms with Crippen LogP contribution in [0.25, 0.3) is 0 Å². The highest BCUT2D eigenvalue weighted by Crippen LogP contribution is 2.33. The van der Waals surface area contributed by atoms with E-state index in [1.807, 2.05) is 6.08 Å². The summed E-state index contributed by atoms with van der Waals surface area (Å²) in [7, 11) is 0. The summed E-state index contributed by atoms with van der Waals surface area (Å²) in [6, 6.07) is -0.967. The highest BCUT2D eigenvalue weighted by molar-refractivity contribution is 5.76. The number of unbranched alkanes of at least 4 members (excludes halogenated alkanes) is 29. The second-order valence-electron chi connectivity index (χ2n) is 23.6. The van der Waals surface area contributed by atoms with Crippen molar-refractivity contribution in [2.45, 2.75) is 336 Å². The Morgan fingerprint density at radius 3 is 1.25 bits per heavy atom. The molecule has 3 fully saturated rings. The zero-order valence-corrected chi connectivity index (χ0v) is 50.9. The van der Waals surface area contributed by atoms with Crippen LogP contribution in [0.5, 0.6) is 0 Å². The number of ether oxygens (including phenoxy) is 6. The van der Waals surface area contributed by atoms with E-state index in [1.165, 1.54) is 154 Å². The second-order valence-corrected chi connectivity index (χ2v) is 23.6. The minimum absolute atomic E-state index is 0.244. The van der Waals surface area contributed by atoms with Gasteiger partial charge in [-0.15, -0.1) is 0 Å². The highest BCUT2D eigenvalue weighted by atomic mass is 16.8. The molecule has 19 nitrogen and oxygen atoms in total. The number of allylic oxidation sites excluding steroid dienone is 5. The van der Waals surface area contributed by atoms with Crippen LogP contribution < -0.4 is 5.32 Å². The van der Waals surface area contributed by atoms with Crippen molar-refractivity contribution in [2.24, 2.45) is 0 Å². The molecule has 0 aromatic heterocycles. The first kappa shape index (κ1) is 75.3. The van der Waals surface area contributed by atoms with E-state index >= 15 is 0 Å². The van der Waals surface area contributed by atoms with Crippen LogP contribution >= 0.6 is 0 Å². The summed E-state index contributed by atoms with van der Waals surface area (Å²) in [5.41, 5.74) is 0. The topological polar surface area (TPSA) is 307 Å². The molecule has 0 spiro atoms. The molecule has 1 amide bonds. The van der Waals surface area contributed by atoms with Crippen molar-refractivity contribution in [3.63, 3.8) is 0 Å². The van der Waals surface area contributed by atoms with Crippen molar-refractivity contribution in [1.29, 1.82) is 0 Å². The van der Waals surface area contributed by atoms with Gasteiger partial charge in [0.05, 0.1) is 38.6 Å². The average Bonchev–Trinajstić information content (AvgIpc) is 3.63. The van der Waals surface area contributed by atoms with Crippen LogP contribution in [0.2, 0.25) is 0 Å². The molecule has 486 valence electrons. The second kappa shape index (κ2) is 47.1. The minimum atomic E-state index is -1.97. The zero-order valence-electron chi connectivity index (χ0n) is 50.9. The number of nitrogens with one attached hydrogen (secondary N) is 1. The lowest BCUT2D eigenvalue weighted by Crippen LogP contribution is -2.66. The summed E-state index contributed by atoms with van der Waals surface area (Å²) in [5.74, 6) is -0.281. The molecule has 0 aromatic rings. The molecule has 17 unspecified atom stereocenters. The monoisotopic (exact) mass is 1190 g/mol. The largest absolute Gasteiger partial charge is 0.394 e. The molecular formula is C64H117NO18. The zero-order chi connectivity index (χ0) is 60.5. The molecule has 0 bridgehead atoms. The van der Waals surface area contributed by atoms with Gasteiger partial charge in [0.1, 0.15) is 73.2 Å². The third-order valence-corrected chi connectivity index (χ3v) is 16.4.